The van der Waals surface area contributed by atoms with Gasteiger partial charge in [0.25, 0.3) is 0 Å². The lowest BCUT2D eigenvalue weighted by atomic mass is 9.97. The van der Waals surface area contributed by atoms with Gasteiger partial charge in [0.15, 0.2) is 0 Å². The summed E-state index contributed by atoms with van der Waals surface area (Å²) in [5.74, 6) is 0. The highest BCUT2D eigenvalue weighted by Gasteiger charge is 2.41. The molecule has 4 aliphatic rings. The third kappa shape index (κ3) is 4.84. The second-order valence-electron chi connectivity index (χ2n) is 13.0. The van der Waals surface area contributed by atoms with Crippen molar-refractivity contribution < 1.29 is 0 Å². The summed E-state index contributed by atoms with van der Waals surface area (Å²) in [6.07, 6.45) is 8.67. The quantitative estimate of drug-likeness (QED) is 0.201. The molecule has 0 saturated carbocycles. The van der Waals surface area contributed by atoms with Crippen LogP contribution in [-0.2, 0) is 25.8 Å². The number of halogens is 3. The fourth-order valence-electron chi connectivity index (χ4n) is 8.60. The Morgan fingerprint density at radius 1 is 0.767 bits per heavy atom. The van der Waals surface area contributed by atoms with Crippen LogP contribution in [0.3, 0.4) is 0 Å². The molecule has 5 aromatic rings. The predicted octanol–water partition coefficient (Wildman–Crippen LogP) is 9.61. The average molecular weight is 721 g/mol. The van der Waals surface area contributed by atoms with Crippen molar-refractivity contribution in [2.45, 2.75) is 75.7 Å². The lowest BCUT2D eigenvalue weighted by molar-refractivity contribution is 0.222. The van der Waals surface area contributed by atoms with Gasteiger partial charge in [-0.1, -0.05) is 55.6 Å². The number of aromatic amines is 1. The molecule has 0 radical (unpaired) electrons. The number of likely N-dealkylation sites (N-methyl/N-ethyl adjacent to an activating group) is 2. The number of hydrogen-bond donors (Lipinski definition) is 1. The molecule has 7 heteroatoms. The molecule has 4 atom stereocenters. The van der Waals surface area contributed by atoms with E-state index in [1.54, 1.807) is 16.8 Å². The Kier molecular flexibility index (Phi) is 7.30. The van der Waals surface area contributed by atoms with Crippen LogP contribution >= 0.6 is 43.5 Å². The molecule has 4 unspecified atom stereocenters. The highest BCUT2D eigenvalue weighted by molar-refractivity contribution is 9.10. The molecule has 0 aliphatic carbocycles. The summed E-state index contributed by atoms with van der Waals surface area (Å²) in [6, 6.07) is 24.3. The normalized spacial score (nSPS) is 24.3. The maximum Gasteiger partial charge on any atom is 0.0486 e. The van der Waals surface area contributed by atoms with Gasteiger partial charge in [-0.2, -0.15) is 0 Å². The molecular formula is C36H37Br2ClN4. The van der Waals surface area contributed by atoms with Crippen LogP contribution in [0.2, 0.25) is 5.02 Å². The summed E-state index contributed by atoms with van der Waals surface area (Å²) in [6.45, 7) is 1.03. The van der Waals surface area contributed by atoms with Crippen LogP contribution in [0.5, 0.6) is 0 Å². The van der Waals surface area contributed by atoms with Crippen LogP contribution in [-0.4, -0.2) is 45.5 Å². The highest BCUT2D eigenvalue weighted by Crippen LogP contribution is 2.48. The van der Waals surface area contributed by atoms with Crippen LogP contribution in [0.1, 0.15) is 65.8 Å². The molecule has 2 aromatic heterocycles. The first-order valence-electron chi connectivity index (χ1n) is 15.6. The summed E-state index contributed by atoms with van der Waals surface area (Å²) in [5, 5.41) is 3.65. The van der Waals surface area contributed by atoms with E-state index in [0.29, 0.717) is 18.1 Å². The number of aryl methyl sites for hydroxylation is 2. The summed E-state index contributed by atoms with van der Waals surface area (Å²) in [7, 11) is 4.59. The summed E-state index contributed by atoms with van der Waals surface area (Å²) < 4.78 is 4.93. The number of aromatic nitrogens is 2. The Labute approximate surface area is 275 Å². The molecule has 1 N–H and O–H groups in total. The van der Waals surface area contributed by atoms with Crippen LogP contribution < -0.4 is 0 Å². The molecule has 3 aromatic carbocycles. The second kappa shape index (κ2) is 11.1. The van der Waals surface area contributed by atoms with Crippen molar-refractivity contribution in [2.75, 3.05) is 14.1 Å². The second-order valence-corrected chi connectivity index (χ2v) is 15.3. The third-order valence-electron chi connectivity index (χ3n) is 10.8. The van der Waals surface area contributed by atoms with Crippen LogP contribution in [0.15, 0.2) is 69.6 Å². The van der Waals surface area contributed by atoms with E-state index in [9.17, 15) is 0 Å². The maximum atomic E-state index is 6.04. The van der Waals surface area contributed by atoms with Gasteiger partial charge >= 0.3 is 0 Å². The first kappa shape index (κ1) is 28.4. The van der Waals surface area contributed by atoms with Crippen molar-refractivity contribution in [3.63, 3.8) is 0 Å². The van der Waals surface area contributed by atoms with Gasteiger partial charge in [-0.3, -0.25) is 9.80 Å². The minimum atomic E-state index is 0.581. The number of nitrogens with zero attached hydrogens (tertiary/aromatic N) is 3. The topological polar surface area (TPSA) is 27.2 Å². The molecule has 43 heavy (non-hydrogen) atoms. The number of H-pyrrole nitrogens is 1. The molecule has 4 nitrogen and oxygen atoms in total. The van der Waals surface area contributed by atoms with E-state index in [2.05, 4.69) is 114 Å². The fourth-order valence-corrected chi connectivity index (χ4v) is 9.45. The van der Waals surface area contributed by atoms with E-state index in [4.69, 9.17) is 11.6 Å². The van der Waals surface area contributed by atoms with Crippen molar-refractivity contribution in [1.82, 2.24) is 19.4 Å². The van der Waals surface area contributed by atoms with E-state index in [1.807, 2.05) is 12.1 Å². The molecule has 4 aliphatic heterocycles. The monoisotopic (exact) mass is 718 g/mol. The Morgan fingerprint density at radius 2 is 1.42 bits per heavy atom. The molecule has 2 fully saturated rings. The molecule has 0 spiro atoms. The van der Waals surface area contributed by atoms with Crippen molar-refractivity contribution >= 4 is 65.3 Å². The summed E-state index contributed by atoms with van der Waals surface area (Å²) >= 11 is 13.3. The number of fused-ring (bicyclic) bond motifs is 12. The first-order chi connectivity index (χ1) is 20.9. The minimum absolute atomic E-state index is 0.581. The van der Waals surface area contributed by atoms with E-state index < -0.39 is 0 Å². The van der Waals surface area contributed by atoms with E-state index in [-0.39, 0.29) is 0 Å². The van der Waals surface area contributed by atoms with Crippen LogP contribution in [0, 0.1) is 0 Å². The van der Waals surface area contributed by atoms with Crippen LogP contribution in [0.25, 0.3) is 21.8 Å². The fraction of sp³-hybridized carbons (Fsp3) is 0.389. The molecule has 0 amide bonds. The maximum absolute atomic E-state index is 6.04. The third-order valence-corrected chi connectivity index (χ3v) is 12.1. The van der Waals surface area contributed by atoms with E-state index in [0.717, 1.165) is 24.0 Å². The van der Waals surface area contributed by atoms with Gasteiger partial charge in [0, 0.05) is 90.7 Å². The SMILES string of the molecule is CN1C2CCC1c1c([nH]c3ccc(Br)cc13)C2.CN1C2CCC1c1c(n(CCc3ccc(Cl)cc3)c3ccc(Br)cc13)C2. The highest BCUT2D eigenvalue weighted by atomic mass is 79.9. The molecule has 222 valence electrons. The molecule has 9 rings (SSSR count). The molecule has 4 bridgehead atoms. The number of hydrogen-bond acceptors (Lipinski definition) is 2. The number of nitrogens with one attached hydrogen (secondary N) is 1. The average Bonchev–Trinajstić information content (AvgIpc) is 3.64. The van der Waals surface area contributed by atoms with Gasteiger partial charge in [0.05, 0.1) is 0 Å². The first-order valence-corrected chi connectivity index (χ1v) is 17.6. The Hall–Kier alpha value is -2.09. The van der Waals surface area contributed by atoms with Crippen molar-refractivity contribution in [3.05, 3.63) is 103 Å². The smallest absolute Gasteiger partial charge is 0.0486 e. The summed E-state index contributed by atoms with van der Waals surface area (Å²) in [4.78, 5) is 8.79. The van der Waals surface area contributed by atoms with Gasteiger partial charge in [-0.05, 0) is 111 Å². The molecule has 6 heterocycles. The zero-order chi connectivity index (χ0) is 29.4. The van der Waals surface area contributed by atoms with Gasteiger partial charge in [-0.25, -0.2) is 0 Å². The van der Waals surface area contributed by atoms with Gasteiger partial charge in [0.2, 0.25) is 0 Å². The molecule has 2 saturated heterocycles. The Balaban J connectivity index is 0.000000141. The number of rotatable bonds is 3. The van der Waals surface area contributed by atoms with Crippen molar-refractivity contribution in [3.8, 4) is 0 Å². The van der Waals surface area contributed by atoms with Crippen molar-refractivity contribution in [2.24, 2.45) is 0 Å². The predicted molar refractivity (Wildman–Crippen MR) is 185 cm³/mol. The standard InChI is InChI=1S/C22H22BrClN2.C14H15BrN2/c1-25-17-7-9-20(25)22-18-12-15(23)4-8-19(18)26(21(22)13-17)11-10-14-2-5-16(24)6-3-14;1-17-9-3-5-13(17)14-10-6-8(15)2-4-11(10)16-12(14)7-9/h2-6,8,12,17,20H,7,9-11,13H2,1H3;2,4,6,9,13,16H,3,5,7H2,1H3. The lowest BCUT2D eigenvalue weighted by Gasteiger charge is -2.32. The zero-order valence-corrected chi connectivity index (χ0v) is 28.6. The summed E-state index contributed by atoms with van der Waals surface area (Å²) in [5.41, 5.74) is 10.2. The van der Waals surface area contributed by atoms with Gasteiger partial charge in [0.1, 0.15) is 0 Å². The minimum Gasteiger partial charge on any atom is -0.358 e. The number of benzene rings is 3. The van der Waals surface area contributed by atoms with E-state index in [1.165, 1.54) is 80.5 Å². The lowest BCUT2D eigenvalue weighted by Crippen LogP contribution is -2.34. The Bertz CT molecular complexity index is 1840. The van der Waals surface area contributed by atoms with Gasteiger partial charge < -0.3 is 9.55 Å². The largest absolute Gasteiger partial charge is 0.358 e. The Morgan fingerprint density at radius 3 is 2.16 bits per heavy atom. The van der Waals surface area contributed by atoms with Crippen molar-refractivity contribution in [1.29, 1.82) is 0 Å². The zero-order valence-electron chi connectivity index (χ0n) is 24.7. The van der Waals surface area contributed by atoms with E-state index >= 15 is 0 Å². The van der Waals surface area contributed by atoms with Crippen LogP contribution in [0.4, 0.5) is 0 Å². The van der Waals surface area contributed by atoms with Gasteiger partial charge in [-0.15, -0.1) is 0 Å². The molecular weight excluding hydrogens is 684 g/mol.